The summed E-state index contributed by atoms with van der Waals surface area (Å²) in [6.45, 7) is 2.03. The van der Waals surface area contributed by atoms with Crippen LogP contribution >= 0.6 is 0 Å². The van der Waals surface area contributed by atoms with Crippen molar-refractivity contribution in [3.8, 4) is 0 Å². The third kappa shape index (κ3) is 3.13. The van der Waals surface area contributed by atoms with Crippen LogP contribution in [0, 0.1) is 11.6 Å². The fraction of sp³-hybridized carbons (Fsp3) is 0.125. The van der Waals surface area contributed by atoms with E-state index in [9.17, 15) is 13.6 Å². The number of fused-ring (bicyclic) bond motifs is 1. The zero-order chi connectivity index (χ0) is 16.4. The Hall–Kier alpha value is -2.96. The number of benzene rings is 2. The molecule has 0 atom stereocenters. The minimum Gasteiger partial charge on any atom is -0.462 e. The molecule has 0 aliphatic rings. The van der Waals surface area contributed by atoms with Gasteiger partial charge in [-0.3, -0.25) is 0 Å². The number of carbonyl (C=O) groups excluding carboxylic acids is 1. The van der Waals surface area contributed by atoms with E-state index < -0.39 is 17.6 Å². The Morgan fingerprint density at radius 1 is 1.22 bits per heavy atom. The molecule has 3 rings (SSSR count). The van der Waals surface area contributed by atoms with Gasteiger partial charge in [-0.2, -0.15) is 0 Å². The van der Waals surface area contributed by atoms with Gasteiger partial charge in [-0.1, -0.05) is 0 Å². The molecule has 0 radical (unpaired) electrons. The van der Waals surface area contributed by atoms with Crippen LogP contribution in [0.3, 0.4) is 0 Å². The number of aromatic nitrogens is 2. The predicted molar refractivity (Wildman–Crippen MR) is 81.7 cm³/mol. The quantitative estimate of drug-likeness (QED) is 0.719. The number of halogens is 2. The van der Waals surface area contributed by atoms with Crippen molar-refractivity contribution in [2.24, 2.45) is 0 Å². The number of rotatable bonds is 4. The van der Waals surface area contributed by atoms with E-state index in [1.165, 1.54) is 6.07 Å². The van der Waals surface area contributed by atoms with Gasteiger partial charge >= 0.3 is 5.97 Å². The lowest BCUT2D eigenvalue weighted by Crippen LogP contribution is -2.04. The number of H-pyrrole nitrogens is 1. The van der Waals surface area contributed by atoms with Gasteiger partial charge < -0.3 is 15.0 Å². The number of carbonyl (C=O) groups is 1. The van der Waals surface area contributed by atoms with E-state index in [-0.39, 0.29) is 0 Å². The minimum absolute atomic E-state index is 0.294. The number of nitrogens with zero attached hydrogens (tertiary/aromatic N) is 1. The first-order chi connectivity index (χ1) is 11.1. The molecule has 5 nitrogen and oxygen atoms in total. The van der Waals surface area contributed by atoms with Gasteiger partial charge in [0.25, 0.3) is 0 Å². The van der Waals surface area contributed by atoms with Crippen molar-refractivity contribution < 1.29 is 18.3 Å². The average Bonchev–Trinajstić information content (AvgIpc) is 2.92. The molecule has 2 N–H and O–H groups in total. The molecule has 0 saturated heterocycles. The molecule has 23 heavy (non-hydrogen) atoms. The summed E-state index contributed by atoms with van der Waals surface area (Å²) in [5.41, 5.74) is 2.01. The molecule has 0 unspecified atom stereocenters. The topological polar surface area (TPSA) is 67.0 Å². The molecule has 0 aliphatic carbocycles. The molecule has 0 aliphatic heterocycles. The van der Waals surface area contributed by atoms with Gasteiger partial charge in [-0.25, -0.2) is 18.6 Å². The lowest BCUT2D eigenvalue weighted by atomic mass is 10.2. The fourth-order valence-corrected chi connectivity index (χ4v) is 2.12. The van der Waals surface area contributed by atoms with Crippen molar-refractivity contribution in [1.82, 2.24) is 9.97 Å². The Balaban J connectivity index is 1.87. The number of imidazole rings is 1. The number of aromatic amines is 1. The Morgan fingerprint density at radius 3 is 2.78 bits per heavy atom. The van der Waals surface area contributed by atoms with Crippen molar-refractivity contribution in [3.05, 3.63) is 53.6 Å². The zero-order valence-electron chi connectivity index (χ0n) is 12.2. The van der Waals surface area contributed by atoms with Gasteiger partial charge in [0.1, 0.15) is 0 Å². The maximum absolute atomic E-state index is 13.2. The SMILES string of the molecule is CCOC(=O)c1ccc2nc(Nc3ccc(F)c(F)c3)[nH]c2c1. The van der Waals surface area contributed by atoms with Crippen LogP contribution in [0.1, 0.15) is 17.3 Å². The standard InChI is InChI=1S/C16H13F2N3O2/c1-2-23-15(22)9-3-6-13-14(7-9)21-16(20-13)19-10-4-5-11(17)12(18)8-10/h3-8H,2H2,1H3,(H2,19,20,21). The summed E-state index contributed by atoms with van der Waals surface area (Å²) >= 11 is 0. The van der Waals surface area contributed by atoms with Gasteiger partial charge in [-0.15, -0.1) is 0 Å². The van der Waals surface area contributed by atoms with E-state index in [4.69, 9.17) is 4.74 Å². The first-order valence-electron chi connectivity index (χ1n) is 6.96. The highest BCUT2D eigenvalue weighted by atomic mass is 19.2. The zero-order valence-corrected chi connectivity index (χ0v) is 12.2. The van der Waals surface area contributed by atoms with E-state index in [0.717, 1.165) is 12.1 Å². The van der Waals surface area contributed by atoms with Crippen molar-refractivity contribution in [1.29, 1.82) is 0 Å². The molecule has 0 fully saturated rings. The van der Waals surface area contributed by atoms with Crippen LogP contribution in [0.25, 0.3) is 11.0 Å². The summed E-state index contributed by atoms with van der Waals surface area (Å²) in [7, 11) is 0. The third-order valence-electron chi connectivity index (χ3n) is 3.18. The van der Waals surface area contributed by atoms with Crippen molar-refractivity contribution >= 4 is 28.6 Å². The fourth-order valence-electron chi connectivity index (χ4n) is 2.12. The predicted octanol–water partition coefficient (Wildman–Crippen LogP) is 3.76. The van der Waals surface area contributed by atoms with E-state index in [2.05, 4.69) is 15.3 Å². The second-order valence-corrected chi connectivity index (χ2v) is 4.79. The van der Waals surface area contributed by atoms with Crippen LogP contribution < -0.4 is 5.32 Å². The smallest absolute Gasteiger partial charge is 0.338 e. The van der Waals surface area contributed by atoms with E-state index in [1.54, 1.807) is 25.1 Å². The van der Waals surface area contributed by atoms with Crippen LogP contribution in [0.4, 0.5) is 20.4 Å². The first-order valence-corrected chi connectivity index (χ1v) is 6.96. The van der Waals surface area contributed by atoms with E-state index in [0.29, 0.717) is 34.8 Å². The molecule has 0 amide bonds. The van der Waals surface area contributed by atoms with Crippen molar-refractivity contribution in [2.75, 3.05) is 11.9 Å². The molecule has 2 aromatic carbocycles. The van der Waals surface area contributed by atoms with Crippen molar-refractivity contribution in [2.45, 2.75) is 6.92 Å². The average molecular weight is 317 g/mol. The summed E-state index contributed by atoms with van der Waals surface area (Å²) in [5.74, 6) is -1.93. The summed E-state index contributed by atoms with van der Waals surface area (Å²) in [6.07, 6.45) is 0. The minimum atomic E-state index is -0.948. The van der Waals surface area contributed by atoms with E-state index >= 15 is 0 Å². The van der Waals surface area contributed by atoms with Gasteiger partial charge in [0, 0.05) is 11.8 Å². The summed E-state index contributed by atoms with van der Waals surface area (Å²) in [6, 6.07) is 8.37. The van der Waals surface area contributed by atoms with Crippen LogP contribution in [-0.2, 0) is 4.74 Å². The van der Waals surface area contributed by atoms with Gasteiger partial charge in [-0.05, 0) is 37.3 Å². The summed E-state index contributed by atoms with van der Waals surface area (Å²) in [4.78, 5) is 18.9. The third-order valence-corrected chi connectivity index (χ3v) is 3.18. The van der Waals surface area contributed by atoms with Gasteiger partial charge in [0.05, 0.1) is 23.2 Å². The normalized spacial score (nSPS) is 10.7. The molecule has 1 heterocycles. The maximum atomic E-state index is 13.2. The van der Waals surface area contributed by atoms with Gasteiger partial charge in [0.2, 0.25) is 5.95 Å². The molecule has 7 heteroatoms. The maximum Gasteiger partial charge on any atom is 0.338 e. The molecule has 3 aromatic rings. The molecular weight excluding hydrogens is 304 g/mol. The Kier molecular flexibility index (Phi) is 3.92. The number of hydrogen-bond donors (Lipinski definition) is 2. The lowest BCUT2D eigenvalue weighted by Gasteiger charge is -2.02. The Labute approximate surface area is 130 Å². The highest BCUT2D eigenvalue weighted by molar-refractivity contribution is 5.94. The molecule has 1 aromatic heterocycles. The van der Waals surface area contributed by atoms with Crippen LogP contribution in [0.2, 0.25) is 0 Å². The highest BCUT2D eigenvalue weighted by Gasteiger charge is 2.10. The number of hydrogen-bond acceptors (Lipinski definition) is 4. The van der Waals surface area contributed by atoms with Crippen molar-refractivity contribution in [3.63, 3.8) is 0 Å². The summed E-state index contributed by atoms with van der Waals surface area (Å²) < 4.78 is 31.1. The highest BCUT2D eigenvalue weighted by Crippen LogP contribution is 2.21. The number of ether oxygens (including phenoxy) is 1. The Bertz CT molecular complexity index is 877. The second kappa shape index (κ2) is 6.04. The largest absolute Gasteiger partial charge is 0.462 e. The van der Waals surface area contributed by atoms with Crippen LogP contribution in [-0.4, -0.2) is 22.5 Å². The number of nitrogens with one attached hydrogen (secondary N) is 2. The second-order valence-electron chi connectivity index (χ2n) is 4.79. The van der Waals surface area contributed by atoms with Crippen LogP contribution in [0.5, 0.6) is 0 Å². The molecule has 0 saturated carbocycles. The monoisotopic (exact) mass is 317 g/mol. The Morgan fingerprint density at radius 2 is 2.04 bits per heavy atom. The van der Waals surface area contributed by atoms with E-state index in [1.807, 2.05) is 0 Å². The number of esters is 1. The summed E-state index contributed by atoms with van der Waals surface area (Å²) in [5, 5.41) is 2.85. The molecular formula is C16H13F2N3O2. The van der Waals surface area contributed by atoms with Crippen LogP contribution in [0.15, 0.2) is 36.4 Å². The molecule has 0 bridgehead atoms. The molecule has 118 valence electrons. The number of anilines is 2. The van der Waals surface area contributed by atoms with Gasteiger partial charge in [0.15, 0.2) is 11.6 Å². The first kappa shape index (κ1) is 15.0. The molecule has 0 spiro atoms. The lowest BCUT2D eigenvalue weighted by molar-refractivity contribution is 0.0526.